The van der Waals surface area contributed by atoms with Crippen molar-refractivity contribution in [3.63, 3.8) is 0 Å². The van der Waals surface area contributed by atoms with Gasteiger partial charge in [-0.25, -0.2) is 19.6 Å². The largest absolute Gasteiger partial charge is 0.341 e. The molecule has 124 valence electrons. The van der Waals surface area contributed by atoms with Gasteiger partial charge in [-0.05, 0) is 14.1 Å². The molecule has 0 bridgehead atoms. The van der Waals surface area contributed by atoms with Crippen LogP contribution in [0.5, 0.6) is 0 Å². The van der Waals surface area contributed by atoms with Gasteiger partial charge in [-0.15, -0.1) is 0 Å². The lowest BCUT2D eigenvalue weighted by Crippen LogP contribution is -2.28. The van der Waals surface area contributed by atoms with Gasteiger partial charge in [0.1, 0.15) is 12.7 Å². The molecule has 2 heterocycles. The van der Waals surface area contributed by atoms with E-state index in [-0.39, 0.29) is 12.1 Å². The van der Waals surface area contributed by atoms with Gasteiger partial charge in [0.15, 0.2) is 0 Å². The number of nitrogens with zero attached hydrogens (tertiary/aromatic N) is 4. The van der Waals surface area contributed by atoms with Crippen LogP contribution in [0.25, 0.3) is 0 Å². The zero-order valence-electron chi connectivity index (χ0n) is 13.2. The summed E-state index contributed by atoms with van der Waals surface area (Å²) in [5.74, 6) is 0. The summed E-state index contributed by atoms with van der Waals surface area (Å²) in [5.41, 5.74) is 9.00. The van der Waals surface area contributed by atoms with Gasteiger partial charge in [0.2, 0.25) is 0 Å². The predicted octanol–water partition coefficient (Wildman–Crippen LogP) is -0.709. The van der Waals surface area contributed by atoms with Gasteiger partial charge in [0.25, 0.3) is 0 Å². The molecule has 22 heavy (non-hydrogen) atoms. The summed E-state index contributed by atoms with van der Waals surface area (Å²) < 4.78 is 2.75. The lowest BCUT2D eigenvalue weighted by atomic mass is 10.8. The predicted molar refractivity (Wildman–Crippen MR) is 84.4 cm³/mol. The Balaban J connectivity index is 0. The van der Waals surface area contributed by atoms with Crippen LogP contribution in [0, 0.1) is 0 Å². The average molecular weight is 312 g/mol. The molecule has 0 fully saturated rings. The Kier molecular flexibility index (Phi) is 14.4. The number of hydrogen-bond acceptors (Lipinski definition) is 6. The highest BCUT2D eigenvalue weighted by atomic mass is 16.2. The molecule has 2 aromatic heterocycles. The van der Waals surface area contributed by atoms with E-state index in [1.165, 1.54) is 35.9 Å². The summed E-state index contributed by atoms with van der Waals surface area (Å²) in [6.07, 6.45) is 9.17. The van der Waals surface area contributed by atoms with E-state index >= 15 is 0 Å². The monoisotopic (exact) mass is 312 g/mol. The number of nitrogens with two attached hydrogens (primary N) is 2. The molecule has 2 aromatic rings. The summed E-state index contributed by atoms with van der Waals surface area (Å²) in [6, 6.07) is -0.347. The summed E-state index contributed by atoms with van der Waals surface area (Å²) in [5, 5.41) is 4.73. The first-order chi connectivity index (χ1) is 10.7. The molecule has 0 unspecified atom stereocenters. The molecule has 0 radical (unpaired) electrons. The molecule has 2 rings (SSSR count). The highest BCUT2D eigenvalue weighted by Crippen LogP contribution is 1.91. The standard InChI is InChI=1S/C7H6N4O.C3H8N2O.2CH5N/c12-7(10-3-1-8-5-10)11-4-2-9-6-11;1-4-3(6)5-2;2*1-2/h1-6H;1-2H3,(H2,4,5,6);2*2H2,1H3. The first-order valence-electron chi connectivity index (χ1n) is 6.24. The molecule has 2 amide bonds. The smallest absolute Gasteiger partial charge is 0.338 e. The normalized spacial score (nSPS) is 7.91. The molecule has 0 atom stereocenters. The summed E-state index contributed by atoms with van der Waals surface area (Å²) in [7, 11) is 6.14. The third-order valence-corrected chi connectivity index (χ3v) is 1.90. The fourth-order valence-corrected chi connectivity index (χ4v) is 1.00. The van der Waals surface area contributed by atoms with E-state index in [2.05, 4.69) is 32.1 Å². The highest BCUT2D eigenvalue weighted by Gasteiger charge is 2.03. The van der Waals surface area contributed by atoms with Crippen LogP contribution in [0.1, 0.15) is 0 Å². The van der Waals surface area contributed by atoms with Crippen LogP contribution >= 0.6 is 0 Å². The van der Waals surface area contributed by atoms with E-state index < -0.39 is 0 Å². The van der Waals surface area contributed by atoms with Gasteiger partial charge in [0, 0.05) is 38.9 Å². The number of imidazole rings is 2. The van der Waals surface area contributed by atoms with Crippen LogP contribution < -0.4 is 22.1 Å². The summed E-state index contributed by atoms with van der Waals surface area (Å²) in [4.78, 5) is 28.9. The second kappa shape index (κ2) is 14.7. The molecule has 0 aliphatic carbocycles. The van der Waals surface area contributed by atoms with Gasteiger partial charge in [-0.2, -0.15) is 0 Å². The zero-order valence-corrected chi connectivity index (χ0v) is 13.2. The van der Waals surface area contributed by atoms with Crippen molar-refractivity contribution in [2.24, 2.45) is 11.5 Å². The van der Waals surface area contributed by atoms with Crippen molar-refractivity contribution in [3.05, 3.63) is 37.4 Å². The molecule has 0 aromatic carbocycles. The van der Waals surface area contributed by atoms with Crippen molar-refractivity contribution in [3.8, 4) is 0 Å². The highest BCUT2D eigenvalue weighted by molar-refractivity contribution is 5.78. The van der Waals surface area contributed by atoms with Crippen LogP contribution in [0.2, 0.25) is 0 Å². The van der Waals surface area contributed by atoms with Gasteiger partial charge in [-0.1, -0.05) is 0 Å². The Morgan fingerprint density at radius 2 is 1.23 bits per heavy atom. The number of nitrogens with one attached hydrogen (secondary N) is 2. The minimum atomic E-state index is -0.190. The van der Waals surface area contributed by atoms with Crippen LogP contribution in [0.3, 0.4) is 0 Å². The van der Waals surface area contributed by atoms with Gasteiger partial charge in [0.05, 0.1) is 0 Å². The second-order valence-corrected chi connectivity index (χ2v) is 3.05. The van der Waals surface area contributed by atoms with Crippen LogP contribution in [-0.2, 0) is 0 Å². The number of aromatic nitrogens is 4. The quantitative estimate of drug-likeness (QED) is 0.505. The van der Waals surface area contributed by atoms with E-state index in [0.29, 0.717) is 0 Å². The zero-order chi connectivity index (χ0) is 17.4. The molecular formula is C12H24N8O2. The number of rotatable bonds is 0. The van der Waals surface area contributed by atoms with E-state index in [1.54, 1.807) is 38.9 Å². The number of urea groups is 1. The molecule has 10 heteroatoms. The SMILES string of the molecule is CN.CN.CNC(=O)NC.O=C(n1ccnc1)n1ccnc1. The summed E-state index contributed by atoms with van der Waals surface area (Å²) in [6.45, 7) is 0. The fourth-order valence-electron chi connectivity index (χ4n) is 1.00. The number of amides is 2. The van der Waals surface area contributed by atoms with Crippen LogP contribution in [-0.4, -0.2) is 59.4 Å². The molecule has 0 spiro atoms. The van der Waals surface area contributed by atoms with E-state index in [1.807, 2.05) is 0 Å². The maximum Gasteiger partial charge on any atom is 0.338 e. The topological polar surface area (TPSA) is 146 Å². The molecule has 10 nitrogen and oxygen atoms in total. The third kappa shape index (κ3) is 8.45. The Morgan fingerprint density at radius 1 is 0.864 bits per heavy atom. The molecule has 0 aliphatic heterocycles. The molecular weight excluding hydrogens is 288 g/mol. The average Bonchev–Trinajstić information content (AvgIpc) is 3.31. The van der Waals surface area contributed by atoms with E-state index in [4.69, 9.17) is 0 Å². The number of carbonyl (C=O) groups is 2. The summed E-state index contributed by atoms with van der Waals surface area (Å²) >= 11 is 0. The van der Waals surface area contributed by atoms with E-state index in [9.17, 15) is 9.59 Å². The first kappa shape index (κ1) is 21.6. The first-order valence-corrected chi connectivity index (χ1v) is 6.24. The van der Waals surface area contributed by atoms with Gasteiger partial charge >= 0.3 is 12.1 Å². The van der Waals surface area contributed by atoms with Crippen molar-refractivity contribution in [2.75, 3.05) is 28.2 Å². The Morgan fingerprint density at radius 3 is 1.41 bits per heavy atom. The van der Waals surface area contributed by atoms with Crippen molar-refractivity contribution >= 4 is 12.1 Å². The second-order valence-electron chi connectivity index (χ2n) is 3.05. The Bertz CT molecular complexity index is 439. The van der Waals surface area contributed by atoms with Crippen molar-refractivity contribution in [1.29, 1.82) is 0 Å². The van der Waals surface area contributed by atoms with Crippen molar-refractivity contribution in [1.82, 2.24) is 29.7 Å². The Labute approximate surface area is 129 Å². The van der Waals surface area contributed by atoms with Crippen molar-refractivity contribution in [2.45, 2.75) is 0 Å². The molecule has 0 saturated carbocycles. The molecule has 6 N–H and O–H groups in total. The Hall–Kier alpha value is -2.72. The van der Waals surface area contributed by atoms with Crippen LogP contribution in [0.15, 0.2) is 37.4 Å². The van der Waals surface area contributed by atoms with Gasteiger partial charge in [-0.3, -0.25) is 9.13 Å². The fraction of sp³-hybridized carbons (Fsp3) is 0.333. The maximum atomic E-state index is 11.4. The number of hydrogen-bond donors (Lipinski definition) is 4. The molecule has 0 saturated heterocycles. The maximum absolute atomic E-state index is 11.4. The van der Waals surface area contributed by atoms with E-state index in [0.717, 1.165) is 0 Å². The van der Waals surface area contributed by atoms with Crippen molar-refractivity contribution < 1.29 is 9.59 Å². The third-order valence-electron chi connectivity index (χ3n) is 1.90. The number of carbonyl (C=O) groups excluding carboxylic acids is 2. The molecule has 0 aliphatic rings. The van der Waals surface area contributed by atoms with Crippen LogP contribution in [0.4, 0.5) is 9.59 Å². The lowest BCUT2D eigenvalue weighted by Gasteiger charge is -1.98. The van der Waals surface area contributed by atoms with Gasteiger partial charge < -0.3 is 22.1 Å². The lowest BCUT2D eigenvalue weighted by molar-refractivity contribution is 0.243. The minimum Gasteiger partial charge on any atom is -0.341 e. The minimum absolute atomic E-state index is 0.157.